The van der Waals surface area contributed by atoms with Gasteiger partial charge in [-0.25, -0.2) is 13.5 Å². The maximum Gasteiger partial charge on any atom is 0.265 e. The van der Waals surface area contributed by atoms with E-state index in [1.807, 2.05) is 4.90 Å². The van der Waals surface area contributed by atoms with E-state index >= 15 is 0 Å². The SMILES string of the molecule is O=C(Cn1[nH]c(=O)ccc1=O)N1CCC[C@@](O)(CN2CCC(F)(F)CC2)CC1. The van der Waals surface area contributed by atoms with Crippen LogP contribution in [0.4, 0.5) is 8.78 Å². The first-order valence-electron chi connectivity index (χ1n) is 9.56. The third-order valence-electron chi connectivity index (χ3n) is 5.56. The Morgan fingerprint density at radius 1 is 1.07 bits per heavy atom. The van der Waals surface area contributed by atoms with Crippen molar-refractivity contribution in [2.24, 2.45) is 0 Å². The van der Waals surface area contributed by atoms with Gasteiger partial charge in [0.1, 0.15) is 6.54 Å². The molecule has 28 heavy (non-hydrogen) atoms. The van der Waals surface area contributed by atoms with Crippen LogP contribution in [0.1, 0.15) is 32.1 Å². The quantitative estimate of drug-likeness (QED) is 0.742. The van der Waals surface area contributed by atoms with E-state index in [2.05, 4.69) is 5.10 Å². The summed E-state index contributed by atoms with van der Waals surface area (Å²) in [6.45, 7) is 1.30. The van der Waals surface area contributed by atoms with Crippen LogP contribution in [-0.2, 0) is 11.3 Å². The van der Waals surface area contributed by atoms with E-state index in [0.29, 0.717) is 38.9 Å². The fourth-order valence-corrected chi connectivity index (χ4v) is 3.86. The van der Waals surface area contributed by atoms with Gasteiger partial charge in [0.2, 0.25) is 5.91 Å². The molecule has 1 atom stereocenters. The standard InChI is InChI=1S/C18H26F2N4O4/c19-18(20)6-9-22(10-7-18)13-17(28)4-1-8-23(11-5-17)16(27)12-24-15(26)3-2-14(25)21-24/h2-3,28H,1,4-13H2,(H,21,25)/t17-/m0/s1. The number of nitrogens with one attached hydrogen (secondary N) is 1. The van der Waals surface area contributed by atoms with Crippen molar-refractivity contribution in [3.05, 3.63) is 32.8 Å². The molecular weight excluding hydrogens is 374 g/mol. The minimum absolute atomic E-state index is 0.197. The fraction of sp³-hybridized carbons (Fsp3) is 0.722. The van der Waals surface area contributed by atoms with Gasteiger partial charge in [0.15, 0.2) is 0 Å². The van der Waals surface area contributed by atoms with Crippen LogP contribution in [0, 0.1) is 0 Å². The Morgan fingerprint density at radius 2 is 1.79 bits per heavy atom. The van der Waals surface area contributed by atoms with Crippen LogP contribution in [-0.4, -0.2) is 74.8 Å². The molecule has 2 aliphatic rings. The maximum atomic E-state index is 13.3. The van der Waals surface area contributed by atoms with Crippen molar-refractivity contribution in [2.75, 3.05) is 32.7 Å². The lowest BCUT2D eigenvalue weighted by Crippen LogP contribution is -2.48. The third-order valence-corrected chi connectivity index (χ3v) is 5.56. The Hall–Kier alpha value is -2.07. The number of aromatic nitrogens is 2. The van der Waals surface area contributed by atoms with Crippen molar-refractivity contribution in [3.63, 3.8) is 0 Å². The predicted molar refractivity (Wildman–Crippen MR) is 97.3 cm³/mol. The zero-order valence-electron chi connectivity index (χ0n) is 15.7. The minimum atomic E-state index is -2.62. The number of nitrogens with zero attached hydrogens (tertiary/aromatic N) is 3. The summed E-state index contributed by atoms with van der Waals surface area (Å²) in [5.74, 6) is -2.94. The average Bonchev–Trinajstić information content (AvgIpc) is 2.82. The zero-order chi connectivity index (χ0) is 20.4. The molecule has 156 valence electrons. The van der Waals surface area contributed by atoms with Gasteiger partial charge in [-0.05, 0) is 19.3 Å². The van der Waals surface area contributed by atoms with Crippen molar-refractivity contribution in [2.45, 2.75) is 50.2 Å². The number of rotatable bonds is 4. The first-order chi connectivity index (χ1) is 13.2. The number of hydrogen-bond acceptors (Lipinski definition) is 5. The van der Waals surface area contributed by atoms with E-state index in [0.717, 1.165) is 16.8 Å². The van der Waals surface area contributed by atoms with Gasteiger partial charge in [0.25, 0.3) is 17.0 Å². The topological polar surface area (TPSA) is 98.6 Å². The minimum Gasteiger partial charge on any atom is -0.388 e. The molecule has 10 heteroatoms. The first kappa shape index (κ1) is 20.7. The molecule has 0 spiro atoms. The fourth-order valence-electron chi connectivity index (χ4n) is 3.86. The van der Waals surface area contributed by atoms with Crippen LogP contribution in [0.25, 0.3) is 0 Å². The van der Waals surface area contributed by atoms with Gasteiger partial charge < -0.3 is 14.9 Å². The number of likely N-dealkylation sites (tertiary alicyclic amines) is 2. The Labute approximate surface area is 160 Å². The molecule has 3 heterocycles. The van der Waals surface area contributed by atoms with E-state index in [1.54, 1.807) is 4.90 Å². The monoisotopic (exact) mass is 400 g/mol. The second-order valence-electron chi connectivity index (χ2n) is 7.82. The molecule has 8 nitrogen and oxygen atoms in total. The van der Waals surface area contributed by atoms with Crippen LogP contribution in [0.5, 0.6) is 0 Å². The van der Waals surface area contributed by atoms with Crippen molar-refractivity contribution < 1.29 is 18.7 Å². The molecule has 1 aromatic heterocycles. The second-order valence-corrected chi connectivity index (χ2v) is 7.82. The summed E-state index contributed by atoms with van der Waals surface area (Å²) in [6, 6.07) is 2.21. The molecule has 0 aromatic carbocycles. The number of carbonyl (C=O) groups is 1. The normalized spacial score (nSPS) is 26.0. The van der Waals surface area contributed by atoms with Gasteiger partial charge >= 0.3 is 0 Å². The summed E-state index contributed by atoms with van der Waals surface area (Å²) in [5.41, 5.74) is -1.97. The first-order valence-corrected chi connectivity index (χ1v) is 9.56. The molecule has 2 N–H and O–H groups in total. The largest absolute Gasteiger partial charge is 0.388 e. The number of aromatic amines is 1. The highest BCUT2D eigenvalue weighted by molar-refractivity contribution is 5.75. The zero-order valence-corrected chi connectivity index (χ0v) is 15.7. The molecule has 2 saturated heterocycles. The number of hydrogen-bond donors (Lipinski definition) is 2. The summed E-state index contributed by atoms with van der Waals surface area (Å²) < 4.78 is 27.6. The van der Waals surface area contributed by atoms with E-state index in [1.165, 1.54) is 0 Å². The lowest BCUT2D eigenvalue weighted by molar-refractivity contribution is -0.132. The van der Waals surface area contributed by atoms with Crippen LogP contribution < -0.4 is 11.1 Å². The summed E-state index contributed by atoms with van der Waals surface area (Å²) in [4.78, 5) is 39.1. The van der Waals surface area contributed by atoms with Gasteiger partial charge in [-0.2, -0.15) is 0 Å². The van der Waals surface area contributed by atoms with Gasteiger partial charge in [0.05, 0.1) is 5.60 Å². The highest BCUT2D eigenvalue weighted by atomic mass is 19.3. The van der Waals surface area contributed by atoms with Crippen molar-refractivity contribution in [1.29, 1.82) is 0 Å². The number of H-pyrrole nitrogens is 1. The van der Waals surface area contributed by atoms with Gasteiger partial charge in [-0.3, -0.25) is 19.5 Å². The molecule has 3 rings (SSSR count). The lowest BCUT2D eigenvalue weighted by atomic mass is 9.93. The molecule has 2 aliphatic heterocycles. The molecule has 0 unspecified atom stereocenters. The van der Waals surface area contributed by atoms with Gasteiger partial charge in [-0.1, -0.05) is 0 Å². The van der Waals surface area contributed by atoms with Crippen LogP contribution in [0.3, 0.4) is 0 Å². The molecule has 0 aliphatic carbocycles. The molecule has 2 fully saturated rings. The molecule has 0 radical (unpaired) electrons. The number of halogens is 2. The number of piperidine rings is 1. The van der Waals surface area contributed by atoms with E-state index in [-0.39, 0.29) is 38.4 Å². The van der Waals surface area contributed by atoms with E-state index in [4.69, 9.17) is 0 Å². The van der Waals surface area contributed by atoms with Crippen molar-refractivity contribution in [3.8, 4) is 0 Å². The number of β-amino-alcohol motifs (C(OH)–C–C–N with tert-alkyl or cyclic N) is 1. The smallest absolute Gasteiger partial charge is 0.265 e. The van der Waals surface area contributed by atoms with Crippen LogP contribution in [0.2, 0.25) is 0 Å². The van der Waals surface area contributed by atoms with E-state index < -0.39 is 22.6 Å². The Balaban J connectivity index is 1.56. The number of carbonyl (C=O) groups excluding carboxylic acids is 1. The van der Waals surface area contributed by atoms with Crippen molar-refractivity contribution >= 4 is 5.91 Å². The molecule has 1 aromatic rings. The summed E-state index contributed by atoms with van der Waals surface area (Å²) >= 11 is 0. The number of alkyl halides is 2. The highest BCUT2D eigenvalue weighted by Gasteiger charge is 2.38. The molecule has 1 amide bonds. The lowest BCUT2D eigenvalue weighted by Gasteiger charge is -2.37. The highest BCUT2D eigenvalue weighted by Crippen LogP contribution is 2.30. The average molecular weight is 400 g/mol. The van der Waals surface area contributed by atoms with Crippen LogP contribution >= 0.6 is 0 Å². The van der Waals surface area contributed by atoms with Gasteiger partial charge in [-0.15, -0.1) is 0 Å². The Bertz CT molecular complexity index is 814. The van der Waals surface area contributed by atoms with Crippen LogP contribution in [0.15, 0.2) is 21.7 Å². The second kappa shape index (κ2) is 8.12. The van der Waals surface area contributed by atoms with Gasteiger partial charge in [0, 0.05) is 57.7 Å². The maximum absolute atomic E-state index is 13.3. The van der Waals surface area contributed by atoms with Crippen molar-refractivity contribution in [1.82, 2.24) is 19.6 Å². The van der Waals surface area contributed by atoms with E-state index in [9.17, 15) is 28.3 Å². The molecule has 0 saturated carbocycles. The molecule has 0 bridgehead atoms. The Kier molecular flexibility index (Phi) is 5.99. The predicted octanol–water partition coefficient (Wildman–Crippen LogP) is 0.0113. The summed E-state index contributed by atoms with van der Waals surface area (Å²) in [7, 11) is 0. The number of aliphatic hydroxyl groups is 1. The summed E-state index contributed by atoms with van der Waals surface area (Å²) in [5, 5.41) is 13.3. The molecular formula is C18H26F2N4O4. The number of amides is 1. The Morgan fingerprint density at radius 3 is 2.50 bits per heavy atom. The third kappa shape index (κ3) is 5.26. The summed E-state index contributed by atoms with van der Waals surface area (Å²) in [6.07, 6.45) is 1.000.